The minimum absolute atomic E-state index is 0.0104. The average molecular weight is 263 g/mol. The second-order valence-corrected chi connectivity index (χ2v) is 5.84. The molecule has 0 radical (unpaired) electrons. The standard InChI is InChI=1S/C16H25NO2/c1-12(2)13-6-8-14(9-7-13)16(3,4)11-17-10-15(18)19-5/h6-9,12,17H,10-11H2,1-5H3. The average Bonchev–Trinajstić information content (AvgIpc) is 2.38. The van der Waals surface area contributed by atoms with E-state index in [4.69, 9.17) is 0 Å². The van der Waals surface area contributed by atoms with Crippen LogP contribution in [0.2, 0.25) is 0 Å². The van der Waals surface area contributed by atoms with Crippen LogP contribution >= 0.6 is 0 Å². The van der Waals surface area contributed by atoms with Crippen molar-refractivity contribution in [3.8, 4) is 0 Å². The van der Waals surface area contributed by atoms with E-state index in [1.165, 1.54) is 18.2 Å². The molecule has 0 heterocycles. The number of ether oxygens (including phenoxy) is 1. The topological polar surface area (TPSA) is 38.3 Å². The summed E-state index contributed by atoms with van der Waals surface area (Å²) in [5, 5.41) is 3.14. The molecule has 0 bridgehead atoms. The molecule has 0 amide bonds. The largest absolute Gasteiger partial charge is 0.468 e. The fraction of sp³-hybridized carbons (Fsp3) is 0.562. The van der Waals surface area contributed by atoms with Crippen molar-refractivity contribution in [3.05, 3.63) is 35.4 Å². The molecule has 0 saturated heterocycles. The summed E-state index contributed by atoms with van der Waals surface area (Å²) in [7, 11) is 1.40. The highest BCUT2D eigenvalue weighted by Gasteiger charge is 2.20. The van der Waals surface area contributed by atoms with E-state index in [0.717, 1.165) is 6.54 Å². The van der Waals surface area contributed by atoms with E-state index in [1.54, 1.807) is 0 Å². The van der Waals surface area contributed by atoms with Crippen LogP contribution in [0.4, 0.5) is 0 Å². The van der Waals surface area contributed by atoms with Crippen molar-refractivity contribution in [1.29, 1.82) is 0 Å². The third kappa shape index (κ3) is 4.67. The Morgan fingerprint density at radius 2 is 1.84 bits per heavy atom. The number of methoxy groups -OCH3 is 1. The molecule has 1 N–H and O–H groups in total. The lowest BCUT2D eigenvalue weighted by Crippen LogP contribution is -2.36. The summed E-state index contributed by atoms with van der Waals surface area (Å²) in [5.41, 5.74) is 2.61. The molecule has 0 aliphatic rings. The predicted octanol–water partition coefficient (Wildman–Crippen LogP) is 2.85. The highest BCUT2D eigenvalue weighted by Crippen LogP contribution is 2.24. The summed E-state index contributed by atoms with van der Waals surface area (Å²) in [6.45, 7) is 9.71. The van der Waals surface area contributed by atoms with Crippen molar-refractivity contribution in [2.75, 3.05) is 20.2 Å². The molecule has 3 heteroatoms. The highest BCUT2D eigenvalue weighted by molar-refractivity contribution is 5.71. The van der Waals surface area contributed by atoms with Crippen LogP contribution < -0.4 is 5.32 Å². The van der Waals surface area contributed by atoms with Crippen molar-refractivity contribution in [3.63, 3.8) is 0 Å². The van der Waals surface area contributed by atoms with Gasteiger partial charge in [0.2, 0.25) is 0 Å². The van der Waals surface area contributed by atoms with Gasteiger partial charge in [0.15, 0.2) is 0 Å². The molecule has 0 spiro atoms. The van der Waals surface area contributed by atoms with E-state index in [9.17, 15) is 4.79 Å². The first kappa shape index (κ1) is 15.7. The predicted molar refractivity (Wildman–Crippen MR) is 78.4 cm³/mol. The lowest BCUT2D eigenvalue weighted by atomic mass is 9.83. The van der Waals surface area contributed by atoms with Crippen molar-refractivity contribution >= 4 is 5.97 Å². The number of carbonyl (C=O) groups is 1. The number of hydrogen-bond acceptors (Lipinski definition) is 3. The fourth-order valence-corrected chi connectivity index (χ4v) is 1.97. The molecular weight excluding hydrogens is 238 g/mol. The van der Waals surface area contributed by atoms with Crippen LogP contribution in [0.5, 0.6) is 0 Å². The Labute approximate surface area is 116 Å². The Kier molecular flexibility index (Phi) is 5.55. The second-order valence-electron chi connectivity index (χ2n) is 5.84. The molecule has 0 aliphatic heterocycles. The zero-order valence-corrected chi connectivity index (χ0v) is 12.6. The van der Waals surface area contributed by atoms with Crippen LogP contribution in [-0.4, -0.2) is 26.2 Å². The molecule has 1 aromatic carbocycles. The van der Waals surface area contributed by atoms with E-state index < -0.39 is 0 Å². The Bertz CT molecular complexity index is 407. The maximum absolute atomic E-state index is 11.1. The molecule has 0 fully saturated rings. The van der Waals surface area contributed by atoms with Gasteiger partial charge in [-0.05, 0) is 17.0 Å². The number of rotatable bonds is 6. The van der Waals surface area contributed by atoms with E-state index in [0.29, 0.717) is 5.92 Å². The van der Waals surface area contributed by atoms with Crippen LogP contribution in [0.3, 0.4) is 0 Å². The normalized spacial score (nSPS) is 11.7. The van der Waals surface area contributed by atoms with E-state index in [-0.39, 0.29) is 17.9 Å². The Morgan fingerprint density at radius 3 is 2.32 bits per heavy atom. The van der Waals surface area contributed by atoms with Crippen molar-refractivity contribution in [1.82, 2.24) is 5.32 Å². The Balaban J connectivity index is 2.63. The van der Waals surface area contributed by atoms with Gasteiger partial charge in [-0.2, -0.15) is 0 Å². The van der Waals surface area contributed by atoms with Gasteiger partial charge in [0.1, 0.15) is 0 Å². The van der Waals surface area contributed by atoms with Gasteiger partial charge >= 0.3 is 5.97 Å². The van der Waals surface area contributed by atoms with E-state index >= 15 is 0 Å². The summed E-state index contributed by atoms with van der Waals surface area (Å²) < 4.78 is 4.61. The summed E-state index contributed by atoms with van der Waals surface area (Å²) in [5.74, 6) is 0.320. The van der Waals surface area contributed by atoms with Gasteiger partial charge in [0.25, 0.3) is 0 Å². The monoisotopic (exact) mass is 263 g/mol. The van der Waals surface area contributed by atoms with Crippen molar-refractivity contribution in [2.24, 2.45) is 0 Å². The molecule has 1 rings (SSSR count). The van der Waals surface area contributed by atoms with E-state index in [1.807, 2.05) is 0 Å². The Morgan fingerprint density at radius 1 is 1.26 bits per heavy atom. The first-order valence-corrected chi connectivity index (χ1v) is 6.75. The SMILES string of the molecule is COC(=O)CNCC(C)(C)c1ccc(C(C)C)cc1. The third-order valence-corrected chi connectivity index (χ3v) is 3.42. The first-order valence-electron chi connectivity index (χ1n) is 6.75. The number of benzene rings is 1. The molecule has 1 aromatic rings. The van der Waals surface area contributed by atoms with Gasteiger partial charge in [0.05, 0.1) is 13.7 Å². The molecule has 19 heavy (non-hydrogen) atoms. The van der Waals surface area contributed by atoms with Gasteiger partial charge in [-0.1, -0.05) is 52.0 Å². The lowest BCUT2D eigenvalue weighted by molar-refractivity contribution is -0.139. The van der Waals surface area contributed by atoms with E-state index in [2.05, 4.69) is 62.0 Å². The lowest BCUT2D eigenvalue weighted by Gasteiger charge is -2.26. The van der Waals surface area contributed by atoms with Crippen molar-refractivity contribution in [2.45, 2.75) is 39.0 Å². The summed E-state index contributed by atoms with van der Waals surface area (Å²) in [6, 6.07) is 8.72. The zero-order chi connectivity index (χ0) is 14.5. The number of hydrogen-bond donors (Lipinski definition) is 1. The highest BCUT2D eigenvalue weighted by atomic mass is 16.5. The summed E-state index contributed by atoms with van der Waals surface area (Å²) >= 11 is 0. The quantitative estimate of drug-likeness (QED) is 0.802. The maximum atomic E-state index is 11.1. The van der Waals surface area contributed by atoms with Crippen LogP contribution in [-0.2, 0) is 14.9 Å². The molecule has 106 valence electrons. The minimum atomic E-state index is -0.231. The van der Waals surface area contributed by atoms with Gasteiger partial charge in [0, 0.05) is 12.0 Å². The van der Waals surface area contributed by atoms with Crippen LogP contribution in [0, 0.1) is 0 Å². The molecule has 0 unspecified atom stereocenters. The molecule has 0 atom stereocenters. The number of esters is 1. The van der Waals surface area contributed by atoms with Crippen LogP contribution in [0.15, 0.2) is 24.3 Å². The fourth-order valence-electron chi connectivity index (χ4n) is 1.97. The minimum Gasteiger partial charge on any atom is -0.468 e. The second kappa shape index (κ2) is 6.71. The molecule has 0 aromatic heterocycles. The van der Waals surface area contributed by atoms with Crippen LogP contribution in [0.25, 0.3) is 0 Å². The smallest absolute Gasteiger partial charge is 0.319 e. The Hall–Kier alpha value is -1.35. The molecule has 0 saturated carbocycles. The summed E-state index contributed by atoms with van der Waals surface area (Å²) in [4.78, 5) is 11.1. The van der Waals surface area contributed by atoms with Gasteiger partial charge in [-0.3, -0.25) is 4.79 Å². The first-order chi connectivity index (χ1) is 8.86. The summed E-state index contributed by atoms with van der Waals surface area (Å²) in [6.07, 6.45) is 0. The van der Waals surface area contributed by atoms with Gasteiger partial charge in [-0.25, -0.2) is 0 Å². The number of carbonyl (C=O) groups excluding carboxylic acids is 1. The van der Waals surface area contributed by atoms with Gasteiger partial charge < -0.3 is 10.1 Å². The zero-order valence-electron chi connectivity index (χ0n) is 12.6. The van der Waals surface area contributed by atoms with Gasteiger partial charge in [-0.15, -0.1) is 0 Å². The third-order valence-electron chi connectivity index (χ3n) is 3.42. The maximum Gasteiger partial charge on any atom is 0.319 e. The molecule has 0 aliphatic carbocycles. The van der Waals surface area contributed by atoms with Crippen LogP contribution in [0.1, 0.15) is 44.7 Å². The molecule has 3 nitrogen and oxygen atoms in total. The van der Waals surface area contributed by atoms with Crippen molar-refractivity contribution < 1.29 is 9.53 Å². The number of nitrogens with one attached hydrogen (secondary N) is 1. The molecular formula is C16H25NO2.